The lowest BCUT2D eigenvalue weighted by Gasteiger charge is -2.33. The van der Waals surface area contributed by atoms with E-state index in [1.165, 1.54) is 250 Å². The van der Waals surface area contributed by atoms with Crippen molar-refractivity contribution in [2.24, 2.45) is 0 Å². The van der Waals surface area contributed by atoms with Gasteiger partial charge in [0.1, 0.15) is 0 Å². The second kappa shape index (κ2) is 45.1. The summed E-state index contributed by atoms with van der Waals surface area (Å²) >= 11 is 0. The molecule has 324 valence electrons. The van der Waals surface area contributed by atoms with Gasteiger partial charge in [0.05, 0.1) is 0 Å². The Kier molecular flexibility index (Phi) is 44.7. The second-order valence-corrected chi connectivity index (χ2v) is 18.1. The van der Waals surface area contributed by atoms with Crippen molar-refractivity contribution in [3.8, 4) is 0 Å². The molecule has 0 aromatic carbocycles. The van der Waals surface area contributed by atoms with Crippen molar-refractivity contribution in [2.75, 3.05) is 27.2 Å². The van der Waals surface area contributed by atoms with E-state index in [1.54, 1.807) is 0 Å². The van der Waals surface area contributed by atoms with Gasteiger partial charge in [0.2, 0.25) is 5.91 Å². The molecule has 0 N–H and O–H groups in total. The largest absolute Gasteiger partial charge is 0.340 e. The molecule has 0 aliphatic rings. The Hall–Kier alpha value is -0.570. The Balaban J connectivity index is 4.56. The summed E-state index contributed by atoms with van der Waals surface area (Å²) in [4.78, 5) is 18.5. The number of nitrogens with zero attached hydrogens (tertiary/aromatic N) is 2. The van der Waals surface area contributed by atoms with Crippen LogP contribution in [0.1, 0.15) is 290 Å². The molecule has 54 heavy (non-hydrogen) atoms. The zero-order chi connectivity index (χ0) is 39.4. The molecule has 3 heteroatoms. The molecule has 0 aliphatic carbocycles. The van der Waals surface area contributed by atoms with Crippen LogP contribution in [-0.4, -0.2) is 48.9 Å². The number of hydrogen-bond donors (Lipinski definition) is 0. The van der Waals surface area contributed by atoms with Gasteiger partial charge in [-0.15, -0.1) is 0 Å². The van der Waals surface area contributed by atoms with Crippen LogP contribution < -0.4 is 0 Å². The first-order valence-electron chi connectivity index (χ1n) is 25.5. The number of carbonyl (C=O) groups is 1. The first kappa shape index (κ1) is 53.4. The van der Waals surface area contributed by atoms with Gasteiger partial charge in [0.15, 0.2) is 0 Å². The van der Waals surface area contributed by atoms with E-state index in [2.05, 4.69) is 44.7 Å². The van der Waals surface area contributed by atoms with Gasteiger partial charge in [-0.3, -0.25) is 4.79 Å². The van der Waals surface area contributed by atoms with E-state index in [0.717, 1.165) is 32.4 Å². The highest BCUT2D eigenvalue weighted by molar-refractivity contribution is 5.76. The fourth-order valence-corrected chi connectivity index (χ4v) is 8.58. The van der Waals surface area contributed by atoms with Gasteiger partial charge in [-0.25, -0.2) is 0 Å². The first-order chi connectivity index (χ1) is 26.6. The van der Waals surface area contributed by atoms with Crippen LogP contribution in [0.5, 0.6) is 0 Å². The minimum atomic E-state index is 0.457. The quantitative estimate of drug-likeness (QED) is 0.0577. The third-order valence-corrected chi connectivity index (χ3v) is 12.3. The summed E-state index contributed by atoms with van der Waals surface area (Å²) in [5.41, 5.74) is 0. The van der Waals surface area contributed by atoms with E-state index in [-0.39, 0.29) is 0 Å². The molecule has 0 bridgehead atoms. The third-order valence-electron chi connectivity index (χ3n) is 12.3. The fraction of sp³-hybridized carbons (Fsp3) is 0.980. The number of unbranched alkanes of at least 4 members (excludes halogenated alkanes) is 35. The van der Waals surface area contributed by atoms with Crippen molar-refractivity contribution in [3.63, 3.8) is 0 Å². The zero-order valence-corrected chi connectivity index (χ0v) is 38.5. The van der Waals surface area contributed by atoms with Crippen LogP contribution in [0.15, 0.2) is 0 Å². The maximum Gasteiger partial charge on any atom is 0.222 e. The standard InChI is InChI=1S/C51H104N2O/c1-6-9-12-15-18-20-22-24-26-28-30-32-34-36-38-41-45-50(53(49-44-48-52(4)5)51(54)47-43-40-17-14-11-8-3)46-42-39-37-35-33-31-29-27-25-23-21-19-16-13-10-7-2/h50H,6-49H2,1-5H3. The Bertz CT molecular complexity index is 672. The molecule has 0 radical (unpaired) electrons. The van der Waals surface area contributed by atoms with Crippen molar-refractivity contribution in [2.45, 2.75) is 296 Å². The van der Waals surface area contributed by atoms with Gasteiger partial charge >= 0.3 is 0 Å². The smallest absolute Gasteiger partial charge is 0.222 e. The SMILES string of the molecule is CCCCCCCCCCCCCCCCCCC(CCCCCCCCCCCCCCCCCC)N(CCCN(C)C)C(=O)CCCCCCCC. The number of amides is 1. The molecule has 0 spiro atoms. The topological polar surface area (TPSA) is 23.6 Å². The maximum absolute atomic E-state index is 13.8. The number of hydrogen-bond acceptors (Lipinski definition) is 2. The predicted octanol–water partition coefficient (Wildman–Crippen LogP) is 17.2. The minimum Gasteiger partial charge on any atom is -0.340 e. The molecular formula is C51H104N2O. The highest BCUT2D eigenvalue weighted by Crippen LogP contribution is 2.22. The highest BCUT2D eigenvalue weighted by Gasteiger charge is 2.22. The summed E-state index contributed by atoms with van der Waals surface area (Å²) in [5.74, 6) is 0.460. The zero-order valence-electron chi connectivity index (χ0n) is 38.5. The van der Waals surface area contributed by atoms with E-state index in [4.69, 9.17) is 0 Å². The van der Waals surface area contributed by atoms with Gasteiger partial charge in [0.25, 0.3) is 0 Å². The van der Waals surface area contributed by atoms with Crippen LogP contribution in [0.4, 0.5) is 0 Å². The van der Waals surface area contributed by atoms with Crippen molar-refractivity contribution < 1.29 is 4.79 Å². The summed E-state index contributed by atoms with van der Waals surface area (Å²) in [5, 5.41) is 0. The van der Waals surface area contributed by atoms with Gasteiger partial charge < -0.3 is 9.80 Å². The lowest BCUT2D eigenvalue weighted by atomic mass is 9.97. The lowest BCUT2D eigenvalue weighted by molar-refractivity contribution is -0.134. The molecular weight excluding hydrogens is 657 g/mol. The molecule has 0 rings (SSSR count). The average Bonchev–Trinajstić information content (AvgIpc) is 3.16. The second-order valence-electron chi connectivity index (χ2n) is 18.1. The maximum atomic E-state index is 13.8. The van der Waals surface area contributed by atoms with Crippen molar-refractivity contribution in [1.29, 1.82) is 0 Å². The van der Waals surface area contributed by atoms with Gasteiger partial charge in [0, 0.05) is 19.0 Å². The van der Waals surface area contributed by atoms with E-state index in [9.17, 15) is 4.79 Å². The van der Waals surface area contributed by atoms with Crippen LogP contribution in [0, 0.1) is 0 Å². The van der Waals surface area contributed by atoms with Crippen LogP contribution >= 0.6 is 0 Å². The van der Waals surface area contributed by atoms with E-state index in [1.807, 2.05) is 0 Å². The van der Waals surface area contributed by atoms with Crippen LogP contribution in [-0.2, 0) is 4.79 Å². The van der Waals surface area contributed by atoms with Crippen LogP contribution in [0.25, 0.3) is 0 Å². The van der Waals surface area contributed by atoms with Gasteiger partial charge in [-0.1, -0.05) is 258 Å². The Morgan fingerprint density at radius 1 is 0.333 bits per heavy atom. The third kappa shape index (κ3) is 39.7. The molecule has 3 nitrogen and oxygen atoms in total. The number of rotatable bonds is 46. The molecule has 0 saturated heterocycles. The normalized spacial score (nSPS) is 11.8. The molecule has 0 unspecified atom stereocenters. The highest BCUT2D eigenvalue weighted by atomic mass is 16.2. The average molecular weight is 761 g/mol. The molecule has 0 aromatic rings. The summed E-state index contributed by atoms with van der Waals surface area (Å²) in [6, 6.07) is 0.457. The molecule has 1 amide bonds. The number of carbonyl (C=O) groups excluding carboxylic acids is 1. The summed E-state index contributed by atoms with van der Waals surface area (Å²) in [7, 11) is 4.35. The Morgan fingerprint density at radius 3 is 0.870 bits per heavy atom. The Morgan fingerprint density at radius 2 is 0.593 bits per heavy atom. The van der Waals surface area contributed by atoms with E-state index in [0.29, 0.717) is 11.9 Å². The Labute approximate surface area is 343 Å². The van der Waals surface area contributed by atoms with Gasteiger partial charge in [-0.05, 0) is 46.3 Å². The molecule has 0 atom stereocenters. The molecule has 0 saturated carbocycles. The summed E-state index contributed by atoms with van der Waals surface area (Å²) in [6.45, 7) is 8.93. The van der Waals surface area contributed by atoms with Crippen LogP contribution in [0.3, 0.4) is 0 Å². The van der Waals surface area contributed by atoms with Crippen molar-refractivity contribution >= 4 is 5.91 Å². The van der Waals surface area contributed by atoms with Gasteiger partial charge in [-0.2, -0.15) is 0 Å². The van der Waals surface area contributed by atoms with Crippen molar-refractivity contribution in [3.05, 3.63) is 0 Å². The molecule has 0 heterocycles. The fourth-order valence-electron chi connectivity index (χ4n) is 8.58. The lowest BCUT2D eigenvalue weighted by Crippen LogP contribution is -2.41. The molecule has 0 aromatic heterocycles. The van der Waals surface area contributed by atoms with E-state index < -0.39 is 0 Å². The minimum absolute atomic E-state index is 0.457. The van der Waals surface area contributed by atoms with Crippen molar-refractivity contribution in [1.82, 2.24) is 9.80 Å². The van der Waals surface area contributed by atoms with E-state index >= 15 is 0 Å². The molecule has 0 aliphatic heterocycles. The van der Waals surface area contributed by atoms with Crippen LogP contribution in [0.2, 0.25) is 0 Å². The summed E-state index contributed by atoms with van der Waals surface area (Å²) < 4.78 is 0. The predicted molar refractivity (Wildman–Crippen MR) is 245 cm³/mol. The monoisotopic (exact) mass is 761 g/mol. The first-order valence-corrected chi connectivity index (χ1v) is 25.5. The molecule has 0 fully saturated rings. The summed E-state index contributed by atoms with van der Waals surface area (Å²) in [6.07, 6.45) is 57.3.